The fourth-order valence-electron chi connectivity index (χ4n) is 3.03. The number of hydrogen-bond acceptors (Lipinski definition) is 3. The van der Waals surface area contributed by atoms with Crippen LogP contribution in [0.25, 0.3) is 17.3 Å². The largest absolute Gasteiger partial charge is 0.481 e. The van der Waals surface area contributed by atoms with Crippen LogP contribution in [0, 0.1) is 0 Å². The van der Waals surface area contributed by atoms with Gasteiger partial charge in [0.2, 0.25) is 0 Å². The predicted octanol–water partition coefficient (Wildman–Crippen LogP) is 4.83. The fourth-order valence-corrected chi connectivity index (χ4v) is 3.03. The molecule has 0 saturated carbocycles. The van der Waals surface area contributed by atoms with Crippen LogP contribution in [0.15, 0.2) is 60.8 Å². The highest BCUT2D eigenvalue weighted by Crippen LogP contribution is 2.33. The summed E-state index contributed by atoms with van der Waals surface area (Å²) >= 11 is 0. The monoisotopic (exact) mass is 371 g/mol. The molecule has 0 radical (unpaired) electrons. The van der Waals surface area contributed by atoms with Crippen LogP contribution in [0.3, 0.4) is 0 Å². The summed E-state index contributed by atoms with van der Waals surface area (Å²) in [6.07, 6.45) is 1.16. The summed E-state index contributed by atoms with van der Waals surface area (Å²) in [6, 6.07) is 12.8. The standard InChI is InChI=1S/C20H16F3N3O/c1-19(10-9-14-5-2-3-8-18(14)27-19)13-26-12-17(24-25-26)15-6-4-7-16(11-15)20(21,22)23/h2-12H,13H2,1H3. The minimum atomic E-state index is -4.40. The molecule has 0 saturated heterocycles. The summed E-state index contributed by atoms with van der Waals surface area (Å²) in [7, 11) is 0. The molecule has 1 aromatic heterocycles. The first kappa shape index (κ1) is 17.3. The van der Waals surface area contributed by atoms with E-state index in [-0.39, 0.29) is 0 Å². The average molecular weight is 371 g/mol. The van der Waals surface area contributed by atoms with Gasteiger partial charge in [0.15, 0.2) is 0 Å². The van der Waals surface area contributed by atoms with Crippen molar-refractivity contribution in [3.8, 4) is 17.0 Å². The second-order valence-electron chi connectivity index (χ2n) is 6.67. The molecule has 0 amide bonds. The molecular weight excluding hydrogens is 355 g/mol. The minimum absolute atomic E-state index is 0.367. The Balaban J connectivity index is 1.56. The van der Waals surface area contributed by atoms with Crippen LogP contribution in [0.4, 0.5) is 13.2 Å². The van der Waals surface area contributed by atoms with E-state index in [2.05, 4.69) is 10.3 Å². The Bertz CT molecular complexity index is 1010. The number of fused-ring (bicyclic) bond motifs is 1. The van der Waals surface area contributed by atoms with E-state index in [0.29, 0.717) is 17.8 Å². The number of para-hydroxylation sites is 1. The van der Waals surface area contributed by atoms with Crippen molar-refractivity contribution in [3.63, 3.8) is 0 Å². The number of rotatable bonds is 3. The number of benzene rings is 2. The van der Waals surface area contributed by atoms with E-state index >= 15 is 0 Å². The number of nitrogens with zero attached hydrogens (tertiary/aromatic N) is 3. The van der Waals surface area contributed by atoms with Crippen LogP contribution in [0.5, 0.6) is 5.75 Å². The molecule has 138 valence electrons. The van der Waals surface area contributed by atoms with E-state index in [0.717, 1.165) is 23.4 Å². The van der Waals surface area contributed by atoms with Crippen LogP contribution >= 0.6 is 0 Å². The molecular formula is C20H16F3N3O. The fraction of sp³-hybridized carbons (Fsp3) is 0.200. The summed E-state index contributed by atoms with van der Waals surface area (Å²) in [4.78, 5) is 0. The van der Waals surface area contributed by atoms with Gasteiger partial charge in [0, 0.05) is 11.1 Å². The first-order chi connectivity index (χ1) is 12.8. The molecule has 1 aliphatic heterocycles. The van der Waals surface area contributed by atoms with E-state index in [4.69, 9.17) is 4.74 Å². The minimum Gasteiger partial charge on any atom is -0.481 e. The van der Waals surface area contributed by atoms with Crippen molar-refractivity contribution >= 4 is 6.08 Å². The van der Waals surface area contributed by atoms with Gasteiger partial charge in [0.05, 0.1) is 18.3 Å². The zero-order valence-electron chi connectivity index (χ0n) is 14.4. The molecule has 0 spiro atoms. The normalized spacial score (nSPS) is 18.8. The Kier molecular flexibility index (Phi) is 4.02. The third-order valence-corrected chi connectivity index (χ3v) is 4.38. The van der Waals surface area contributed by atoms with E-state index in [1.807, 2.05) is 43.3 Å². The van der Waals surface area contributed by atoms with Gasteiger partial charge >= 0.3 is 6.18 Å². The van der Waals surface area contributed by atoms with Crippen molar-refractivity contribution in [1.29, 1.82) is 0 Å². The Hall–Kier alpha value is -3.09. The molecule has 2 heterocycles. The smallest absolute Gasteiger partial charge is 0.416 e. The van der Waals surface area contributed by atoms with Gasteiger partial charge in [0.1, 0.15) is 17.0 Å². The Labute approximate surface area is 153 Å². The lowest BCUT2D eigenvalue weighted by Gasteiger charge is -2.31. The summed E-state index contributed by atoms with van der Waals surface area (Å²) in [5, 5.41) is 8.07. The lowest BCUT2D eigenvalue weighted by atomic mass is 10.0. The molecule has 1 unspecified atom stereocenters. The molecule has 7 heteroatoms. The van der Waals surface area contributed by atoms with Crippen molar-refractivity contribution in [1.82, 2.24) is 15.0 Å². The second-order valence-corrected chi connectivity index (χ2v) is 6.67. The summed E-state index contributed by atoms with van der Waals surface area (Å²) < 4.78 is 46.4. The van der Waals surface area contributed by atoms with Gasteiger partial charge in [-0.15, -0.1) is 5.10 Å². The third-order valence-electron chi connectivity index (χ3n) is 4.38. The highest BCUT2D eigenvalue weighted by atomic mass is 19.4. The van der Waals surface area contributed by atoms with Crippen molar-refractivity contribution in [3.05, 3.63) is 71.9 Å². The van der Waals surface area contributed by atoms with Crippen LogP contribution in [0.1, 0.15) is 18.1 Å². The molecule has 0 N–H and O–H groups in total. The summed E-state index contributed by atoms with van der Waals surface area (Å²) in [6.45, 7) is 2.30. The van der Waals surface area contributed by atoms with E-state index in [1.54, 1.807) is 16.9 Å². The summed E-state index contributed by atoms with van der Waals surface area (Å²) in [5.74, 6) is 0.778. The van der Waals surface area contributed by atoms with E-state index in [1.165, 1.54) is 6.07 Å². The highest BCUT2D eigenvalue weighted by Gasteiger charge is 2.31. The molecule has 2 aromatic carbocycles. The van der Waals surface area contributed by atoms with Gasteiger partial charge in [-0.05, 0) is 31.2 Å². The molecule has 27 heavy (non-hydrogen) atoms. The van der Waals surface area contributed by atoms with Gasteiger partial charge < -0.3 is 4.74 Å². The highest BCUT2D eigenvalue weighted by molar-refractivity contribution is 5.61. The summed E-state index contributed by atoms with van der Waals surface area (Å²) in [5.41, 5.74) is 0.402. The average Bonchev–Trinajstić information content (AvgIpc) is 3.09. The maximum atomic E-state index is 12.9. The van der Waals surface area contributed by atoms with Crippen LogP contribution < -0.4 is 4.74 Å². The van der Waals surface area contributed by atoms with Gasteiger partial charge in [-0.3, -0.25) is 0 Å². The lowest BCUT2D eigenvalue weighted by Crippen LogP contribution is -2.37. The van der Waals surface area contributed by atoms with Crippen LogP contribution in [-0.4, -0.2) is 20.6 Å². The van der Waals surface area contributed by atoms with Crippen molar-refractivity contribution in [2.24, 2.45) is 0 Å². The van der Waals surface area contributed by atoms with Crippen molar-refractivity contribution in [2.45, 2.75) is 25.2 Å². The van der Waals surface area contributed by atoms with E-state index in [9.17, 15) is 13.2 Å². The molecule has 0 aliphatic carbocycles. The molecule has 0 bridgehead atoms. The number of hydrogen-bond donors (Lipinski definition) is 0. The Morgan fingerprint density at radius 2 is 1.93 bits per heavy atom. The molecule has 1 aliphatic rings. The van der Waals surface area contributed by atoms with Gasteiger partial charge in [0.25, 0.3) is 0 Å². The van der Waals surface area contributed by atoms with Crippen LogP contribution in [0.2, 0.25) is 0 Å². The molecule has 4 nitrogen and oxygen atoms in total. The predicted molar refractivity (Wildman–Crippen MR) is 95.0 cm³/mol. The zero-order valence-corrected chi connectivity index (χ0v) is 14.4. The topological polar surface area (TPSA) is 39.9 Å². The van der Waals surface area contributed by atoms with Crippen LogP contribution in [-0.2, 0) is 12.7 Å². The Morgan fingerprint density at radius 1 is 1.11 bits per heavy atom. The van der Waals surface area contributed by atoms with Gasteiger partial charge in [-0.25, -0.2) is 4.68 Å². The number of ether oxygens (including phenoxy) is 1. The molecule has 0 fully saturated rings. The molecule has 3 aromatic rings. The quantitative estimate of drug-likeness (QED) is 0.662. The molecule has 4 rings (SSSR count). The van der Waals surface area contributed by atoms with Gasteiger partial charge in [-0.1, -0.05) is 41.6 Å². The number of halogens is 3. The SMILES string of the molecule is CC1(Cn2cc(-c3cccc(C(F)(F)F)c3)nn2)C=Cc2ccccc2O1. The van der Waals surface area contributed by atoms with Crippen molar-refractivity contribution < 1.29 is 17.9 Å². The second kappa shape index (κ2) is 6.26. The number of aromatic nitrogens is 3. The molecule has 1 atom stereocenters. The van der Waals surface area contributed by atoms with Gasteiger partial charge in [-0.2, -0.15) is 13.2 Å². The lowest BCUT2D eigenvalue weighted by molar-refractivity contribution is -0.137. The first-order valence-electron chi connectivity index (χ1n) is 8.37. The maximum absolute atomic E-state index is 12.9. The third kappa shape index (κ3) is 3.58. The van der Waals surface area contributed by atoms with Crippen molar-refractivity contribution in [2.75, 3.05) is 0 Å². The maximum Gasteiger partial charge on any atom is 0.416 e. The first-order valence-corrected chi connectivity index (χ1v) is 8.37. The number of alkyl halides is 3. The Morgan fingerprint density at radius 3 is 2.74 bits per heavy atom. The zero-order chi connectivity index (χ0) is 19.1. The van der Waals surface area contributed by atoms with E-state index < -0.39 is 17.3 Å².